The molecule has 4 amide bonds. The lowest BCUT2D eigenvalue weighted by Gasteiger charge is -2.12. The van der Waals surface area contributed by atoms with E-state index in [2.05, 4.69) is 21.3 Å². The van der Waals surface area contributed by atoms with Gasteiger partial charge in [-0.05, 0) is 87.8 Å². The Labute approximate surface area is 211 Å². The van der Waals surface area contributed by atoms with Gasteiger partial charge in [-0.15, -0.1) is 0 Å². The third kappa shape index (κ3) is 7.41. The van der Waals surface area contributed by atoms with Crippen molar-refractivity contribution in [2.24, 2.45) is 11.8 Å². The number of carbonyl (C=O) groups is 4. The summed E-state index contributed by atoms with van der Waals surface area (Å²) in [6.07, 6.45) is 5.49. The highest BCUT2D eigenvalue weighted by atomic mass is 16.2. The van der Waals surface area contributed by atoms with E-state index in [1.54, 1.807) is 12.1 Å². The SMILES string of the molecule is Cc1ccc(NC(=O)CCCCC(=O)Nc2ccc(C)c(NC(=O)C3CC3)c2)cc1NC(=O)C1CC1. The van der Waals surface area contributed by atoms with Gasteiger partial charge in [-0.3, -0.25) is 19.2 Å². The molecule has 36 heavy (non-hydrogen) atoms. The topological polar surface area (TPSA) is 116 Å². The largest absolute Gasteiger partial charge is 0.326 e. The van der Waals surface area contributed by atoms with Crippen LogP contribution in [0.15, 0.2) is 36.4 Å². The molecule has 2 saturated carbocycles. The van der Waals surface area contributed by atoms with Crippen LogP contribution in [0.25, 0.3) is 0 Å². The molecular weight excluding hydrogens is 456 g/mol. The summed E-state index contributed by atoms with van der Waals surface area (Å²) in [6, 6.07) is 10.9. The Morgan fingerprint density at radius 3 is 1.39 bits per heavy atom. The monoisotopic (exact) mass is 490 g/mol. The zero-order valence-corrected chi connectivity index (χ0v) is 20.9. The van der Waals surface area contributed by atoms with Crippen molar-refractivity contribution < 1.29 is 19.2 Å². The number of hydrogen-bond donors (Lipinski definition) is 4. The highest BCUT2D eigenvalue weighted by molar-refractivity contribution is 5.97. The lowest BCUT2D eigenvalue weighted by atomic mass is 10.1. The highest BCUT2D eigenvalue weighted by Gasteiger charge is 2.30. The summed E-state index contributed by atoms with van der Waals surface area (Å²) in [5.74, 6) is 0.0262. The molecular formula is C28H34N4O4. The second-order valence-electron chi connectivity index (χ2n) is 9.89. The molecule has 0 aromatic heterocycles. The molecule has 2 fully saturated rings. The molecule has 0 unspecified atom stereocenters. The van der Waals surface area contributed by atoms with Crippen molar-refractivity contribution in [2.75, 3.05) is 21.3 Å². The molecule has 0 radical (unpaired) electrons. The standard InChI is InChI=1S/C28H34N4O4/c1-17-7-13-21(15-23(17)31-27(35)19-9-10-19)29-25(33)5-3-4-6-26(34)30-22-14-8-18(2)24(16-22)32-28(36)20-11-12-20/h7-8,13-16,19-20H,3-6,9-12H2,1-2H3,(H,29,33)(H,30,34)(H,31,35)(H,32,36). The van der Waals surface area contributed by atoms with Gasteiger partial charge in [0.1, 0.15) is 0 Å². The number of unbranched alkanes of at least 4 members (excludes halogenated alkanes) is 1. The highest BCUT2D eigenvalue weighted by Crippen LogP contribution is 2.32. The fourth-order valence-electron chi connectivity index (χ4n) is 3.85. The molecule has 2 aliphatic carbocycles. The number of rotatable bonds is 11. The van der Waals surface area contributed by atoms with E-state index in [-0.39, 0.29) is 35.5 Å². The van der Waals surface area contributed by atoms with E-state index in [0.717, 1.165) is 36.8 Å². The number of benzene rings is 2. The number of anilines is 4. The molecule has 2 aromatic rings. The number of nitrogens with one attached hydrogen (secondary N) is 4. The minimum atomic E-state index is -0.131. The molecule has 190 valence electrons. The summed E-state index contributed by atoms with van der Waals surface area (Å²) < 4.78 is 0. The maximum Gasteiger partial charge on any atom is 0.227 e. The molecule has 2 aromatic carbocycles. The first-order chi connectivity index (χ1) is 17.3. The van der Waals surface area contributed by atoms with Crippen molar-refractivity contribution in [3.63, 3.8) is 0 Å². The molecule has 8 heteroatoms. The number of carbonyl (C=O) groups excluding carboxylic acids is 4. The fraction of sp³-hybridized carbons (Fsp3) is 0.429. The summed E-state index contributed by atoms with van der Waals surface area (Å²) in [6.45, 7) is 3.83. The zero-order chi connectivity index (χ0) is 25.7. The van der Waals surface area contributed by atoms with Gasteiger partial charge in [-0.25, -0.2) is 0 Å². The Morgan fingerprint density at radius 1 is 0.639 bits per heavy atom. The van der Waals surface area contributed by atoms with E-state index in [0.29, 0.717) is 48.4 Å². The van der Waals surface area contributed by atoms with Gasteiger partial charge in [0.15, 0.2) is 0 Å². The van der Waals surface area contributed by atoms with Crippen LogP contribution in [-0.4, -0.2) is 23.6 Å². The van der Waals surface area contributed by atoms with Crippen molar-refractivity contribution >= 4 is 46.4 Å². The van der Waals surface area contributed by atoms with E-state index < -0.39 is 0 Å². The van der Waals surface area contributed by atoms with Crippen LogP contribution in [0.3, 0.4) is 0 Å². The molecule has 0 aliphatic heterocycles. The van der Waals surface area contributed by atoms with Gasteiger partial charge in [0.25, 0.3) is 0 Å². The van der Waals surface area contributed by atoms with Crippen LogP contribution in [-0.2, 0) is 19.2 Å². The smallest absolute Gasteiger partial charge is 0.227 e. The van der Waals surface area contributed by atoms with Crippen LogP contribution in [0.5, 0.6) is 0 Å². The van der Waals surface area contributed by atoms with Crippen LogP contribution < -0.4 is 21.3 Å². The van der Waals surface area contributed by atoms with Crippen molar-refractivity contribution in [3.05, 3.63) is 47.5 Å². The predicted octanol–water partition coefficient (Wildman–Crippen LogP) is 5.14. The first-order valence-corrected chi connectivity index (χ1v) is 12.7. The van der Waals surface area contributed by atoms with Gasteiger partial charge in [0, 0.05) is 47.4 Å². The van der Waals surface area contributed by atoms with E-state index >= 15 is 0 Å². The van der Waals surface area contributed by atoms with Gasteiger partial charge < -0.3 is 21.3 Å². The van der Waals surface area contributed by atoms with Crippen LogP contribution >= 0.6 is 0 Å². The Bertz CT molecular complexity index is 1080. The molecule has 0 atom stereocenters. The summed E-state index contributed by atoms with van der Waals surface area (Å²) >= 11 is 0. The van der Waals surface area contributed by atoms with Crippen LogP contribution in [0.2, 0.25) is 0 Å². The molecule has 4 N–H and O–H groups in total. The average molecular weight is 491 g/mol. The maximum atomic E-state index is 12.4. The van der Waals surface area contributed by atoms with Crippen LogP contribution in [0.4, 0.5) is 22.7 Å². The minimum Gasteiger partial charge on any atom is -0.326 e. The third-order valence-corrected chi connectivity index (χ3v) is 6.51. The maximum absolute atomic E-state index is 12.4. The summed E-state index contributed by atoms with van der Waals surface area (Å²) in [7, 11) is 0. The minimum absolute atomic E-state index is 0.0322. The molecule has 8 nitrogen and oxygen atoms in total. The summed E-state index contributed by atoms with van der Waals surface area (Å²) in [4.78, 5) is 48.8. The average Bonchev–Trinajstić information content (AvgIpc) is 3.73. The second-order valence-corrected chi connectivity index (χ2v) is 9.89. The van der Waals surface area contributed by atoms with Crippen molar-refractivity contribution in [3.8, 4) is 0 Å². The van der Waals surface area contributed by atoms with E-state index in [9.17, 15) is 19.2 Å². The second kappa shape index (κ2) is 11.4. The first-order valence-electron chi connectivity index (χ1n) is 12.7. The summed E-state index contributed by atoms with van der Waals surface area (Å²) in [5.41, 5.74) is 4.59. The number of amides is 4. The zero-order valence-electron chi connectivity index (χ0n) is 20.9. The van der Waals surface area contributed by atoms with Gasteiger partial charge in [0.2, 0.25) is 23.6 Å². The summed E-state index contributed by atoms with van der Waals surface area (Å²) in [5, 5.41) is 11.6. The van der Waals surface area contributed by atoms with Crippen molar-refractivity contribution in [1.82, 2.24) is 0 Å². The van der Waals surface area contributed by atoms with E-state index in [1.165, 1.54) is 0 Å². The van der Waals surface area contributed by atoms with Gasteiger partial charge >= 0.3 is 0 Å². The lowest BCUT2D eigenvalue weighted by molar-refractivity contribution is -0.118. The van der Waals surface area contributed by atoms with E-state index in [1.807, 2.05) is 38.1 Å². The predicted molar refractivity (Wildman–Crippen MR) is 141 cm³/mol. The van der Waals surface area contributed by atoms with Crippen molar-refractivity contribution in [2.45, 2.75) is 65.2 Å². The Balaban J connectivity index is 1.18. The fourth-order valence-corrected chi connectivity index (χ4v) is 3.85. The van der Waals surface area contributed by atoms with Crippen LogP contribution in [0.1, 0.15) is 62.5 Å². The van der Waals surface area contributed by atoms with Gasteiger partial charge in [0.05, 0.1) is 0 Å². The molecule has 2 aliphatic rings. The van der Waals surface area contributed by atoms with E-state index in [4.69, 9.17) is 0 Å². The number of aryl methyl sites for hydroxylation is 2. The van der Waals surface area contributed by atoms with Crippen LogP contribution in [0, 0.1) is 25.7 Å². The third-order valence-electron chi connectivity index (χ3n) is 6.51. The molecule has 4 rings (SSSR count). The number of hydrogen-bond acceptors (Lipinski definition) is 4. The van der Waals surface area contributed by atoms with Gasteiger partial charge in [-0.1, -0.05) is 12.1 Å². The quantitative estimate of drug-likeness (QED) is 0.326. The first kappa shape index (κ1) is 25.4. The molecule has 0 heterocycles. The Morgan fingerprint density at radius 2 is 1.03 bits per heavy atom. The Hall–Kier alpha value is -3.68. The van der Waals surface area contributed by atoms with Crippen molar-refractivity contribution in [1.29, 1.82) is 0 Å². The molecule has 0 spiro atoms. The van der Waals surface area contributed by atoms with Gasteiger partial charge in [-0.2, -0.15) is 0 Å². The lowest BCUT2D eigenvalue weighted by Crippen LogP contribution is -2.16. The molecule has 0 bridgehead atoms. The normalized spacial score (nSPS) is 14.6. The Kier molecular flexibility index (Phi) is 8.03. The molecule has 0 saturated heterocycles.